The van der Waals surface area contributed by atoms with Crippen LogP contribution in [0.25, 0.3) is 11.0 Å². The standard InChI is InChI=1S/C20H24N4O3/c1-5-27-20(26)17-12(2)18(22-13(17)3)19(25)21-10-11-24-14(4)23-15-8-6-7-9-16(15)24/h6-9,22H,5,10-11H2,1-4H3,(H,21,25). The molecule has 2 heterocycles. The number of nitrogens with one attached hydrogen (secondary N) is 2. The topological polar surface area (TPSA) is 89.0 Å². The highest BCUT2D eigenvalue weighted by Gasteiger charge is 2.22. The summed E-state index contributed by atoms with van der Waals surface area (Å²) in [7, 11) is 0. The van der Waals surface area contributed by atoms with E-state index in [0.717, 1.165) is 16.9 Å². The van der Waals surface area contributed by atoms with Crippen molar-refractivity contribution >= 4 is 22.9 Å². The number of carbonyl (C=O) groups excluding carboxylic acids is 2. The number of aromatic amines is 1. The van der Waals surface area contributed by atoms with E-state index in [1.165, 1.54) is 0 Å². The van der Waals surface area contributed by atoms with Gasteiger partial charge >= 0.3 is 5.97 Å². The zero-order chi connectivity index (χ0) is 19.6. The van der Waals surface area contributed by atoms with Gasteiger partial charge in [-0.05, 0) is 45.4 Å². The highest BCUT2D eigenvalue weighted by atomic mass is 16.5. The van der Waals surface area contributed by atoms with Crippen LogP contribution in [0.5, 0.6) is 0 Å². The van der Waals surface area contributed by atoms with Gasteiger partial charge in [-0.25, -0.2) is 9.78 Å². The first-order chi connectivity index (χ1) is 12.9. The number of fused-ring (bicyclic) bond motifs is 1. The predicted octanol–water partition coefficient (Wildman–Crippen LogP) is 2.90. The third-order valence-electron chi connectivity index (χ3n) is 4.61. The summed E-state index contributed by atoms with van der Waals surface area (Å²) in [6, 6.07) is 7.92. The van der Waals surface area contributed by atoms with Crippen LogP contribution in [0, 0.1) is 20.8 Å². The maximum Gasteiger partial charge on any atom is 0.340 e. The smallest absolute Gasteiger partial charge is 0.340 e. The van der Waals surface area contributed by atoms with Crippen LogP contribution in [0.2, 0.25) is 0 Å². The molecule has 2 N–H and O–H groups in total. The van der Waals surface area contributed by atoms with Crippen molar-refractivity contribution in [2.45, 2.75) is 34.2 Å². The van der Waals surface area contributed by atoms with Gasteiger partial charge in [0.05, 0.1) is 23.2 Å². The number of aryl methyl sites for hydroxylation is 2. The minimum Gasteiger partial charge on any atom is -0.462 e. The fourth-order valence-corrected chi connectivity index (χ4v) is 3.33. The Balaban J connectivity index is 1.70. The zero-order valence-electron chi connectivity index (χ0n) is 16.0. The second-order valence-electron chi connectivity index (χ2n) is 6.40. The third-order valence-corrected chi connectivity index (χ3v) is 4.61. The molecule has 3 aromatic rings. The van der Waals surface area contributed by atoms with E-state index in [-0.39, 0.29) is 5.91 Å². The Morgan fingerprint density at radius 2 is 1.96 bits per heavy atom. The monoisotopic (exact) mass is 368 g/mol. The van der Waals surface area contributed by atoms with Gasteiger partial charge in [0.25, 0.3) is 5.91 Å². The first-order valence-corrected chi connectivity index (χ1v) is 9.00. The SMILES string of the molecule is CCOC(=O)c1c(C)[nH]c(C(=O)NCCn2c(C)nc3ccccc32)c1C. The fourth-order valence-electron chi connectivity index (χ4n) is 3.33. The molecule has 27 heavy (non-hydrogen) atoms. The van der Waals surface area contributed by atoms with Crippen LogP contribution in [0.4, 0.5) is 0 Å². The van der Waals surface area contributed by atoms with Crippen LogP contribution in [0.15, 0.2) is 24.3 Å². The number of para-hydroxylation sites is 2. The van der Waals surface area contributed by atoms with E-state index in [4.69, 9.17) is 4.74 Å². The van der Waals surface area contributed by atoms with Gasteiger partial charge in [0.15, 0.2) is 0 Å². The molecule has 0 saturated heterocycles. The van der Waals surface area contributed by atoms with Crippen LogP contribution in [0.3, 0.4) is 0 Å². The number of imidazole rings is 1. The van der Waals surface area contributed by atoms with Gasteiger partial charge in [-0.15, -0.1) is 0 Å². The van der Waals surface area contributed by atoms with Crippen molar-refractivity contribution in [1.82, 2.24) is 19.9 Å². The maximum absolute atomic E-state index is 12.6. The Labute approximate surface area is 157 Å². The molecule has 0 aliphatic carbocycles. The molecular formula is C20H24N4O3. The van der Waals surface area contributed by atoms with Crippen molar-refractivity contribution in [2.24, 2.45) is 0 Å². The number of hydrogen-bond acceptors (Lipinski definition) is 4. The van der Waals surface area contributed by atoms with E-state index < -0.39 is 5.97 Å². The van der Waals surface area contributed by atoms with Gasteiger partial charge in [0, 0.05) is 18.8 Å². The minimum atomic E-state index is -0.414. The molecule has 7 nitrogen and oxygen atoms in total. The number of aromatic nitrogens is 3. The lowest BCUT2D eigenvalue weighted by Gasteiger charge is -2.09. The van der Waals surface area contributed by atoms with E-state index >= 15 is 0 Å². The highest BCUT2D eigenvalue weighted by Crippen LogP contribution is 2.19. The number of benzene rings is 1. The highest BCUT2D eigenvalue weighted by molar-refractivity contribution is 6.00. The maximum atomic E-state index is 12.6. The van der Waals surface area contributed by atoms with Crippen molar-refractivity contribution in [1.29, 1.82) is 0 Å². The molecule has 0 aliphatic rings. The second kappa shape index (κ2) is 7.65. The molecule has 0 spiro atoms. The minimum absolute atomic E-state index is 0.242. The van der Waals surface area contributed by atoms with Crippen molar-refractivity contribution in [2.75, 3.05) is 13.2 Å². The van der Waals surface area contributed by atoms with Crippen molar-refractivity contribution in [3.63, 3.8) is 0 Å². The van der Waals surface area contributed by atoms with Gasteiger partial charge in [-0.3, -0.25) is 4.79 Å². The van der Waals surface area contributed by atoms with Crippen molar-refractivity contribution < 1.29 is 14.3 Å². The zero-order valence-corrected chi connectivity index (χ0v) is 16.0. The summed E-state index contributed by atoms with van der Waals surface area (Å²) in [5.41, 5.74) is 4.04. The normalized spacial score (nSPS) is 11.0. The molecule has 0 atom stereocenters. The summed E-state index contributed by atoms with van der Waals surface area (Å²) >= 11 is 0. The number of nitrogens with zero attached hydrogens (tertiary/aromatic N) is 2. The second-order valence-corrected chi connectivity index (χ2v) is 6.40. The van der Waals surface area contributed by atoms with Gasteiger partial charge in [-0.2, -0.15) is 0 Å². The molecule has 1 amide bonds. The van der Waals surface area contributed by atoms with Crippen LogP contribution in [-0.4, -0.2) is 39.6 Å². The summed E-state index contributed by atoms with van der Waals surface area (Å²) in [6.07, 6.45) is 0. The summed E-state index contributed by atoms with van der Waals surface area (Å²) in [5.74, 6) is 0.249. The molecule has 0 bridgehead atoms. The van der Waals surface area contributed by atoms with Crippen LogP contribution < -0.4 is 5.32 Å². The summed E-state index contributed by atoms with van der Waals surface area (Å²) in [5, 5.41) is 2.91. The molecule has 7 heteroatoms. The molecule has 0 aliphatic heterocycles. The van der Waals surface area contributed by atoms with Gasteiger partial charge in [0.1, 0.15) is 11.5 Å². The van der Waals surface area contributed by atoms with E-state index in [9.17, 15) is 9.59 Å². The lowest BCUT2D eigenvalue weighted by atomic mass is 10.1. The number of rotatable bonds is 6. The van der Waals surface area contributed by atoms with E-state index in [2.05, 4.69) is 19.9 Å². The summed E-state index contributed by atoms with van der Waals surface area (Å²) in [4.78, 5) is 32.2. The lowest BCUT2D eigenvalue weighted by molar-refractivity contribution is 0.0525. The number of esters is 1. The van der Waals surface area contributed by atoms with Crippen molar-refractivity contribution in [3.05, 3.63) is 52.6 Å². The average molecular weight is 368 g/mol. The molecule has 1 aromatic carbocycles. The number of carbonyl (C=O) groups is 2. The predicted molar refractivity (Wildman–Crippen MR) is 103 cm³/mol. The van der Waals surface area contributed by atoms with Crippen LogP contribution in [0.1, 0.15) is 44.9 Å². The van der Waals surface area contributed by atoms with Crippen LogP contribution in [-0.2, 0) is 11.3 Å². The number of amides is 1. The van der Waals surface area contributed by atoms with E-state index in [1.54, 1.807) is 20.8 Å². The Kier molecular flexibility index (Phi) is 5.30. The molecule has 0 fully saturated rings. The van der Waals surface area contributed by atoms with E-state index in [0.29, 0.717) is 42.2 Å². The quantitative estimate of drug-likeness (QED) is 0.655. The molecule has 142 valence electrons. The number of hydrogen-bond donors (Lipinski definition) is 2. The number of ether oxygens (including phenoxy) is 1. The van der Waals surface area contributed by atoms with Gasteiger partial charge < -0.3 is 19.6 Å². The molecular weight excluding hydrogens is 344 g/mol. The van der Waals surface area contributed by atoms with Crippen molar-refractivity contribution in [3.8, 4) is 0 Å². The third kappa shape index (κ3) is 3.58. The largest absolute Gasteiger partial charge is 0.462 e. The van der Waals surface area contributed by atoms with Crippen LogP contribution >= 0.6 is 0 Å². The number of H-pyrrole nitrogens is 1. The molecule has 0 saturated carbocycles. The molecule has 0 unspecified atom stereocenters. The average Bonchev–Trinajstić information content (AvgIpc) is 3.11. The Morgan fingerprint density at radius 3 is 2.70 bits per heavy atom. The lowest BCUT2D eigenvalue weighted by Crippen LogP contribution is -2.28. The summed E-state index contributed by atoms with van der Waals surface area (Å²) < 4.78 is 7.14. The molecule has 3 rings (SSSR count). The first-order valence-electron chi connectivity index (χ1n) is 9.00. The van der Waals surface area contributed by atoms with Gasteiger partial charge in [0.2, 0.25) is 0 Å². The Hall–Kier alpha value is -3.09. The summed E-state index contributed by atoms with van der Waals surface area (Å²) in [6.45, 7) is 8.57. The van der Waals surface area contributed by atoms with E-state index in [1.807, 2.05) is 31.2 Å². The molecule has 2 aromatic heterocycles. The molecule has 0 radical (unpaired) electrons. The Morgan fingerprint density at radius 1 is 1.22 bits per heavy atom. The Bertz CT molecular complexity index is 1000. The fraction of sp³-hybridized carbons (Fsp3) is 0.350. The first kappa shape index (κ1) is 18.7. The van der Waals surface area contributed by atoms with Gasteiger partial charge in [-0.1, -0.05) is 12.1 Å².